The van der Waals surface area contributed by atoms with Crippen molar-refractivity contribution < 1.29 is 4.79 Å². The molecule has 0 bridgehead atoms. The summed E-state index contributed by atoms with van der Waals surface area (Å²) in [6.45, 7) is 0.450. The maximum atomic E-state index is 11.7. The summed E-state index contributed by atoms with van der Waals surface area (Å²) in [5.41, 5.74) is 1.04. The van der Waals surface area contributed by atoms with Gasteiger partial charge in [0.1, 0.15) is 0 Å². The lowest BCUT2D eigenvalue weighted by Gasteiger charge is -2.22. The van der Waals surface area contributed by atoms with Gasteiger partial charge in [-0.15, -0.1) is 0 Å². The van der Waals surface area contributed by atoms with Gasteiger partial charge in [-0.3, -0.25) is 4.79 Å². The molecule has 3 nitrogen and oxygen atoms in total. The van der Waals surface area contributed by atoms with E-state index in [9.17, 15) is 4.79 Å². The molecule has 1 saturated carbocycles. The van der Waals surface area contributed by atoms with E-state index in [1.807, 2.05) is 0 Å². The van der Waals surface area contributed by atoms with Crippen LogP contribution in [-0.2, 0) is 4.79 Å². The first kappa shape index (κ1) is 12.4. The van der Waals surface area contributed by atoms with E-state index in [2.05, 4.69) is 28.9 Å². The molecule has 1 fully saturated rings. The average molecular weight is 234 g/mol. The van der Waals surface area contributed by atoms with E-state index < -0.39 is 0 Å². The van der Waals surface area contributed by atoms with Crippen LogP contribution in [0.15, 0.2) is 23.9 Å². The van der Waals surface area contributed by atoms with E-state index in [1.54, 1.807) is 0 Å². The standard InChI is InChI=1S/C14H22N2O/c17-14(16-13-9-5-2-6-10-13)11-15-12-7-3-1-4-8-12/h2,5,10,12,15H,1,3-4,6-9,11H2,(H,16,17). The molecule has 17 heavy (non-hydrogen) atoms. The molecule has 0 heterocycles. The van der Waals surface area contributed by atoms with Crippen molar-refractivity contribution in [3.8, 4) is 0 Å². The molecule has 0 aromatic heterocycles. The van der Waals surface area contributed by atoms with Crippen LogP contribution in [0.3, 0.4) is 0 Å². The van der Waals surface area contributed by atoms with Crippen molar-refractivity contribution in [3.63, 3.8) is 0 Å². The second kappa shape index (κ2) is 6.60. The first-order valence-electron chi connectivity index (χ1n) is 6.72. The topological polar surface area (TPSA) is 41.1 Å². The molecule has 0 unspecified atom stereocenters. The molecule has 2 aliphatic carbocycles. The lowest BCUT2D eigenvalue weighted by Crippen LogP contribution is -2.39. The summed E-state index contributed by atoms with van der Waals surface area (Å²) in [5, 5.41) is 6.32. The maximum absolute atomic E-state index is 11.7. The normalized spacial score (nSPS) is 21.1. The number of amides is 1. The van der Waals surface area contributed by atoms with Gasteiger partial charge in [-0.2, -0.15) is 0 Å². The molecule has 3 heteroatoms. The maximum Gasteiger partial charge on any atom is 0.238 e. The van der Waals surface area contributed by atoms with Crippen molar-refractivity contribution in [1.29, 1.82) is 0 Å². The zero-order valence-corrected chi connectivity index (χ0v) is 10.4. The number of hydrogen-bond donors (Lipinski definition) is 2. The minimum atomic E-state index is 0.0946. The molecule has 2 N–H and O–H groups in total. The number of hydrogen-bond acceptors (Lipinski definition) is 2. The molecule has 0 atom stereocenters. The Morgan fingerprint density at radius 3 is 2.76 bits per heavy atom. The Hall–Kier alpha value is -1.09. The second-order valence-electron chi connectivity index (χ2n) is 4.90. The molecule has 2 rings (SSSR count). The van der Waals surface area contributed by atoms with Crippen LogP contribution in [0.4, 0.5) is 0 Å². The van der Waals surface area contributed by atoms with Gasteiger partial charge in [-0.05, 0) is 19.3 Å². The quantitative estimate of drug-likeness (QED) is 0.733. The van der Waals surface area contributed by atoms with Crippen LogP contribution >= 0.6 is 0 Å². The molecule has 0 spiro atoms. The summed E-state index contributed by atoms with van der Waals surface area (Å²) < 4.78 is 0. The van der Waals surface area contributed by atoms with Gasteiger partial charge in [0.15, 0.2) is 0 Å². The predicted molar refractivity (Wildman–Crippen MR) is 69.5 cm³/mol. The highest BCUT2D eigenvalue weighted by atomic mass is 16.1. The van der Waals surface area contributed by atoms with Crippen molar-refractivity contribution in [2.75, 3.05) is 6.54 Å². The molecule has 1 amide bonds. The predicted octanol–water partition coefficient (Wildman–Crippen LogP) is 2.26. The highest BCUT2D eigenvalue weighted by molar-refractivity contribution is 5.79. The minimum Gasteiger partial charge on any atom is -0.329 e. The van der Waals surface area contributed by atoms with Crippen LogP contribution in [-0.4, -0.2) is 18.5 Å². The third kappa shape index (κ3) is 4.35. The van der Waals surface area contributed by atoms with Crippen LogP contribution in [0.5, 0.6) is 0 Å². The van der Waals surface area contributed by atoms with Gasteiger partial charge in [0.25, 0.3) is 0 Å². The smallest absolute Gasteiger partial charge is 0.238 e. The molecule has 0 aromatic rings. The third-order valence-electron chi connectivity index (χ3n) is 3.46. The summed E-state index contributed by atoms with van der Waals surface area (Å²) in [7, 11) is 0. The molecule has 0 aromatic carbocycles. The zero-order valence-electron chi connectivity index (χ0n) is 10.4. The summed E-state index contributed by atoms with van der Waals surface area (Å²) >= 11 is 0. The van der Waals surface area contributed by atoms with E-state index in [1.165, 1.54) is 32.1 Å². The molecule has 2 aliphatic rings. The summed E-state index contributed by atoms with van der Waals surface area (Å²) in [5.74, 6) is 0.0946. The number of rotatable bonds is 4. The molecular weight excluding hydrogens is 212 g/mol. The fourth-order valence-electron chi connectivity index (χ4n) is 2.47. The lowest BCUT2D eigenvalue weighted by molar-refractivity contribution is -0.119. The van der Waals surface area contributed by atoms with E-state index in [4.69, 9.17) is 0 Å². The van der Waals surface area contributed by atoms with Crippen LogP contribution in [0, 0.1) is 0 Å². The first-order chi connectivity index (χ1) is 8.34. The summed E-state index contributed by atoms with van der Waals surface area (Å²) in [6, 6.07) is 0.551. The molecule has 94 valence electrons. The van der Waals surface area contributed by atoms with Gasteiger partial charge in [-0.25, -0.2) is 0 Å². The van der Waals surface area contributed by atoms with Crippen LogP contribution in [0.2, 0.25) is 0 Å². The monoisotopic (exact) mass is 234 g/mol. The van der Waals surface area contributed by atoms with E-state index in [-0.39, 0.29) is 5.91 Å². The Bertz CT molecular complexity index is 314. The third-order valence-corrected chi connectivity index (χ3v) is 3.46. The Morgan fingerprint density at radius 1 is 1.24 bits per heavy atom. The highest BCUT2D eigenvalue weighted by Gasteiger charge is 2.14. The fraction of sp³-hybridized carbons (Fsp3) is 0.643. The van der Waals surface area contributed by atoms with Gasteiger partial charge >= 0.3 is 0 Å². The van der Waals surface area contributed by atoms with Crippen LogP contribution < -0.4 is 10.6 Å². The number of allylic oxidation sites excluding steroid dienone is 3. The Kier molecular flexibility index (Phi) is 4.80. The summed E-state index contributed by atoms with van der Waals surface area (Å²) in [4.78, 5) is 11.7. The van der Waals surface area contributed by atoms with Crippen LogP contribution in [0.1, 0.15) is 44.9 Å². The lowest BCUT2D eigenvalue weighted by atomic mass is 9.95. The number of nitrogens with one attached hydrogen (secondary N) is 2. The fourth-order valence-corrected chi connectivity index (χ4v) is 2.47. The SMILES string of the molecule is O=C(CNC1CCCCC1)NC1=CCC=CC1. The molecule has 0 aliphatic heterocycles. The second-order valence-corrected chi connectivity index (χ2v) is 4.90. The Morgan fingerprint density at radius 2 is 2.06 bits per heavy atom. The van der Waals surface area contributed by atoms with Crippen molar-refractivity contribution in [1.82, 2.24) is 10.6 Å². The molecular formula is C14H22N2O. The van der Waals surface area contributed by atoms with Crippen molar-refractivity contribution in [2.45, 2.75) is 51.0 Å². The average Bonchev–Trinajstić information content (AvgIpc) is 2.39. The van der Waals surface area contributed by atoms with Crippen molar-refractivity contribution >= 4 is 5.91 Å². The largest absolute Gasteiger partial charge is 0.329 e. The van der Waals surface area contributed by atoms with E-state index in [0.29, 0.717) is 12.6 Å². The Labute approximate surface area is 103 Å². The van der Waals surface area contributed by atoms with Gasteiger partial charge in [0, 0.05) is 18.2 Å². The first-order valence-corrected chi connectivity index (χ1v) is 6.72. The van der Waals surface area contributed by atoms with Crippen molar-refractivity contribution in [2.24, 2.45) is 0 Å². The van der Waals surface area contributed by atoms with E-state index >= 15 is 0 Å². The van der Waals surface area contributed by atoms with Gasteiger partial charge in [0.05, 0.1) is 6.54 Å². The minimum absolute atomic E-state index is 0.0946. The Balaban J connectivity index is 1.64. The molecule has 0 radical (unpaired) electrons. The summed E-state index contributed by atoms with van der Waals surface area (Å²) in [6.07, 6.45) is 14.5. The zero-order chi connectivity index (χ0) is 11.9. The highest BCUT2D eigenvalue weighted by Crippen LogP contribution is 2.17. The van der Waals surface area contributed by atoms with Gasteiger partial charge in [0.2, 0.25) is 5.91 Å². The van der Waals surface area contributed by atoms with Crippen molar-refractivity contribution in [3.05, 3.63) is 23.9 Å². The van der Waals surface area contributed by atoms with Gasteiger partial charge in [-0.1, -0.05) is 37.5 Å². The van der Waals surface area contributed by atoms with E-state index in [0.717, 1.165) is 18.5 Å². The number of carbonyl (C=O) groups excluding carboxylic acids is 1. The number of carbonyl (C=O) groups is 1. The van der Waals surface area contributed by atoms with Gasteiger partial charge < -0.3 is 10.6 Å². The molecule has 0 saturated heterocycles. The van der Waals surface area contributed by atoms with Crippen LogP contribution in [0.25, 0.3) is 0 Å².